The van der Waals surface area contributed by atoms with Crippen LogP contribution in [0.15, 0.2) is 47.4 Å². The highest BCUT2D eigenvalue weighted by Gasteiger charge is 2.33. The number of fused-ring (bicyclic) bond motifs is 1. The van der Waals surface area contributed by atoms with Gasteiger partial charge in [0.25, 0.3) is 5.91 Å². The summed E-state index contributed by atoms with van der Waals surface area (Å²) in [5.41, 5.74) is 0. The molecule has 1 atom stereocenters. The number of piperazine rings is 1. The van der Waals surface area contributed by atoms with Gasteiger partial charge in [-0.3, -0.25) is 4.79 Å². The number of hydrogen-bond acceptors (Lipinski definition) is 5. The molecule has 0 spiro atoms. The summed E-state index contributed by atoms with van der Waals surface area (Å²) in [6, 6.07) is 12.9. The molecule has 2 heterocycles. The maximum Gasteiger partial charge on any atom is 0.253 e. The van der Waals surface area contributed by atoms with Gasteiger partial charge >= 0.3 is 0 Å². The van der Waals surface area contributed by atoms with Gasteiger partial charge in [0.05, 0.1) is 11.5 Å². The van der Waals surface area contributed by atoms with Gasteiger partial charge in [-0.2, -0.15) is 4.31 Å². The van der Waals surface area contributed by atoms with Gasteiger partial charge < -0.3 is 15.0 Å². The first-order chi connectivity index (χ1) is 13.1. The van der Waals surface area contributed by atoms with Crippen molar-refractivity contribution >= 4 is 39.1 Å². The minimum absolute atomic E-state index is 0. The van der Waals surface area contributed by atoms with Crippen molar-refractivity contribution in [3.63, 3.8) is 0 Å². The van der Waals surface area contributed by atoms with E-state index in [1.165, 1.54) is 4.31 Å². The van der Waals surface area contributed by atoms with Gasteiger partial charge in [-0.1, -0.05) is 30.3 Å². The van der Waals surface area contributed by atoms with Gasteiger partial charge in [-0.15, -0.1) is 12.4 Å². The maximum absolute atomic E-state index is 13.0. The fraction of sp³-hybridized carbons (Fsp3) is 0.421. The number of carbonyl (C=O) groups is 1. The number of benzene rings is 2. The van der Waals surface area contributed by atoms with E-state index in [1.807, 2.05) is 30.3 Å². The van der Waals surface area contributed by atoms with Crippen LogP contribution in [0.5, 0.6) is 0 Å². The molecule has 2 aromatic rings. The third kappa shape index (κ3) is 4.16. The fourth-order valence-electron chi connectivity index (χ4n) is 3.55. The highest BCUT2D eigenvalue weighted by molar-refractivity contribution is 7.89. The van der Waals surface area contributed by atoms with Crippen LogP contribution >= 0.6 is 12.4 Å². The molecule has 2 saturated heterocycles. The minimum Gasteiger partial charge on any atom is -0.366 e. The third-order valence-electron chi connectivity index (χ3n) is 5.11. The Hall–Kier alpha value is -1.71. The van der Waals surface area contributed by atoms with Crippen LogP contribution in [0.3, 0.4) is 0 Å². The normalized spacial score (nSPS) is 21.3. The Kier molecular flexibility index (Phi) is 6.57. The lowest BCUT2D eigenvalue weighted by Crippen LogP contribution is -2.55. The van der Waals surface area contributed by atoms with Crippen molar-refractivity contribution in [2.45, 2.75) is 11.0 Å². The highest BCUT2D eigenvalue weighted by Crippen LogP contribution is 2.23. The average molecular weight is 426 g/mol. The summed E-state index contributed by atoms with van der Waals surface area (Å²) < 4.78 is 33.0. The van der Waals surface area contributed by atoms with E-state index in [-0.39, 0.29) is 18.3 Å². The zero-order valence-electron chi connectivity index (χ0n) is 15.4. The molecule has 0 bridgehead atoms. The Labute approximate surface area is 171 Å². The molecule has 1 amide bonds. The lowest BCUT2D eigenvalue weighted by Gasteiger charge is -2.36. The van der Waals surface area contributed by atoms with Crippen LogP contribution in [0.2, 0.25) is 0 Å². The molecule has 2 fully saturated rings. The second kappa shape index (κ2) is 8.75. The number of halogens is 1. The Morgan fingerprint density at radius 1 is 1.04 bits per heavy atom. The standard InChI is InChI=1S/C19H23N3O4S.ClH/c23-19(18-14-20-7-12-26-18)21-8-10-22(11-9-21)27(24,25)17-6-5-15-3-1-2-4-16(15)13-17;/h1-6,13,18,20H,7-12,14H2;1H. The summed E-state index contributed by atoms with van der Waals surface area (Å²) in [5.74, 6) is -0.0649. The summed E-state index contributed by atoms with van der Waals surface area (Å²) in [6.07, 6.45) is -0.470. The molecule has 28 heavy (non-hydrogen) atoms. The van der Waals surface area contributed by atoms with E-state index in [1.54, 1.807) is 17.0 Å². The van der Waals surface area contributed by atoms with E-state index in [9.17, 15) is 13.2 Å². The molecule has 0 aromatic heterocycles. The topological polar surface area (TPSA) is 79.0 Å². The fourth-order valence-corrected chi connectivity index (χ4v) is 5.01. The van der Waals surface area contributed by atoms with Crippen molar-refractivity contribution in [1.29, 1.82) is 0 Å². The lowest BCUT2D eigenvalue weighted by molar-refractivity contribution is -0.146. The van der Waals surface area contributed by atoms with Gasteiger partial charge in [-0.05, 0) is 22.9 Å². The molecule has 7 nitrogen and oxygen atoms in total. The molecule has 0 aliphatic carbocycles. The van der Waals surface area contributed by atoms with Crippen molar-refractivity contribution in [3.05, 3.63) is 42.5 Å². The highest BCUT2D eigenvalue weighted by atomic mass is 35.5. The minimum atomic E-state index is -3.58. The summed E-state index contributed by atoms with van der Waals surface area (Å²) in [6.45, 7) is 3.13. The molecule has 1 N–H and O–H groups in total. The molecular weight excluding hydrogens is 402 g/mol. The maximum atomic E-state index is 13.0. The number of amides is 1. The van der Waals surface area contributed by atoms with Crippen LogP contribution in [0.1, 0.15) is 0 Å². The number of carbonyl (C=O) groups excluding carboxylic acids is 1. The van der Waals surface area contributed by atoms with Gasteiger partial charge in [0.2, 0.25) is 10.0 Å². The van der Waals surface area contributed by atoms with Gasteiger partial charge in [0.1, 0.15) is 6.10 Å². The van der Waals surface area contributed by atoms with Crippen molar-refractivity contribution in [2.75, 3.05) is 45.9 Å². The zero-order chi connectivity index (χ0) is 18.9. The summed E-state index contributed by atoms with van der Waals surface area (Å²) in [7, 11) is -3.58. The van der Waals surface area contributed by atoms with Crippen LogP contribution in [-0.4, -0.2) is 75.5 Å². The largest absolute Gasteiger partial charge is 0.366 e. The van der Waals surface area contributed by atoms with E-state index in [0.29, 0.717) is 44.2 Å². The molecule has 9 heteroatoms. The SMILES string of the molecule is Cl.O=C(C1CNCCO1)N1CCN(S(=O)(=O)c2ccc3ccccc3c2)CC1. The van der Waals surface area contributed by atoms with Gasteiger partial charge in [0, 0.05) is 39.3 Å². The van der Waals surface area contributed by atoms with Crippen LogP contribution < -0.4 is 5.32 Å². The number of nitrogens with zero attached hydrogens (tertiary/aromatic N) is 2. The van der Waals surface area contributed by atoms with E-state index in [0.717, 1.165) is 17.3 Å². The van der Waals surface area contributed by atoms with Crippen molar-refractivity contribution in [2.24, 2.45) is 0 Å². The number of hydrogen-bond donors (Lipinski definition) is 1. The van der Waals surface area contributed by atoms with Crippen molar-refractivity contribution in [3.8, 4) is 0 Å². The molecule has 1 unspecified atom stereocenters. The molecule has 4 rings (SSSR count). The quantitative estimate of drug-likeness (QED) is 0.796. The lowest BCUT2D eigenvalue weighted by atomic mass is 10.1. The molecule has 2 aromatic carbocycles. The second-order valence-electron chi connectivity index (χ2n) is 6.80. The zero-order valence-corrected chi connectivity index (χ0v) is 17.0. The number of sulfonamides is 1. The molecule has 0 radical (unpaired) electrons. The molecular formula is C19H24ClN3O4S. The van der Waals surface area contributed by atoms with Crippen LogP contribution in [0.4, 0.5) is 0 Å². The summed E-state index contributed by atoms with van der Waals surface area (Å²) in [4.78, 5) is 14.5. The smallest absolute Gasteiger partial charge is 0.253 e. The van der Waals surface area contributed by atoms with E-state index in [4.69, 9.17) is 4.74 Å². The van der Waals surface area contributed by atoms with Gasteiger partial charge in [0.15, 0.2) is 0 Å². The number of rotatable bonds is 3. The Morgan fingerprint density at radius 2 is 1.75 bits per heavy atom. The van der Waals surface area contributed by atoms with E-state index >= 15 is 0 Å². The number of ether oxygens (including phenoxy) is 1. The summed E-state index contributed by atoms with van der Waals surface area (Å²) in [5, 5.41) is 5.05. The van der Waals surface area contributed by atoms with Crippen molar-refractivity contribution in [1.82, 2.24) is 14.5 Å². The predicted molar refractivity (Wildman–Crippen MR) is 109 cm³/mol. The van der Waals surface area contributed by atoms with Crippen LogP contribution in [0.25, 0.3) is 10.8 Å². The number of morpholine rings is 1. The Bertz CT molecular complexity index is 939. The monoisotopic (exact) mass is 425 g/mol. The van der Waals surface area contributed by atoms with Crippen LogP contribution in [-0.2, 0) is 19.6 Å². The molecule has 152 valence electrons. The van der Waals surface area contributed by atoms with E-state index in [2.05, 4.69) is 5.32 Å². The van der Waals surface area contributed by atoms with Crippen LogP contribution in [0, 0.1) is 0 Å². The average Bonchev–Trinajstić information content (AvgIpc) is 2.73. The predicted octanol–water partition coefficient (Wildman–Crippen LogP) is 1.08. The Balaban J connectivity index is 0.00000225. The second-order valence-corrected chi connectivity index (χ2v) is 8.74. The first-order valence-electron chi connectivity index (χ1n) is 9.16. The van der Waals surface area contributed by atoms with Gasteiger partial charge in [-0.25, -0.2) is 8.42 Å². The molecule has 0 saturated carbocycles. The molecule has 2 aliphatic rings. The summed E-state index contributed by atoms with van der Waals surface area (Å²) >= 11 is 0. The Morgan fingerprint density at radius 3 is 2.43 bits per heavy atom. The number of nitrogens with one attached hydrogen (secondary N) is 1. The third-order valence-corrected chi connectivity index (χ3v) is 7.01. The first kappa shape index (κ1) is 21.0. The first-order valence-corrected chi connectivity index (χ1v) is 10.6. The van der Waals surface area contributed by atoms with E-state index < -0.39 is 16.1 Å². The molecule has 2 aliphatic heterocycles. The van der Waals surface area contributed by atoms with Crippen molar-refractivity contribution < 1.29 is 17.9 Å².